The molecule has 0 rings (SSSR count). The number of unbranched alkanes of at least 4 members (excludes halogenated alkanes) is 12. The number of carboxylic acid groups (broad SMARTS) is 1. The summed E-state index contributed by atoms with van der Waals surface area (Å²) in [7, 11) is 5.89. The van der Waals surface area contributed by atoms with Crippen molar-refractivity contribution in [2.75, 3.05) is 47.5 Å². The maximum absolute atomic E-state index is 12.7. The van der Waals surface area contributed by atoms with Gasteiger partial charge >= 0.3 is 11.9 Å². The normalized spacial score (nSPS) is 13.7. The van der Waals surface area contributed by atoms with Gasteiger partial charge in [-0.2, -0.15) is 0 Å². The summed E-state index contributed by atoms with van der Waals surface area (Å²) in [5.74, 6) is -2.33. The highest BCUT2D eigenvalue weighted by molar-refractivity contribution is 5.70. The molecule has 0 N–H and O–H groups in total. The largest absolute Gasteiger partial charge is 0.545 e. The van der Waals surface area contributed by atoms with Crippen molar-refractivity contribution < 1.29 is 42.9 Å². The predicted octanol–water partition coefficient (Wildman–Crippen LogP) is 12.1. The molecule has 0 aromatic carbocycles. The van der Waals surface area contributed by atoms with E-state index in [1.807, 2.05) is 21.1 Å². The van der Waals surface area contributed by atoms with E-state index in [-0.39, 0.29) is 38.6 Å². The molecule has 9 heteroatoms. The molecule has 0 amide bonds. The molecule has 0 fully saturated rings. The topological polar surface area (TPSA) is 111 Å². The van der Waals surface area contributed by atoms with Crippen LogP contribution in [0.1, 0.15) is 168 Å². The number of carbonyl (C=O) groups is 3. The summed E-state index contributed by atoms with van der Waals surface area (Å²) in [6.07, 6.45) is 56.1. The lowest BCUT2D eigenvalue weighted by Gasteiger charge is -2.26. The fourth-order valence-electron chi connectivity index (χ4n) is 6.08. The Balaban J connectivity index is 4.23. The van der Waals surface area contributed by atoms with Crippen LogP contribution in [0.25, 0.3) is 0 Å². The van der Waals surface area contributed by atoms with Crippen LogP contribution in [-0.4, -0.2) is 82.3 Å². The van der Waals surface area contributed by atoms with Gasteiger partial charge in [-0.05, 0) is 77.0 Å². The van der Waals surface area contributed by atoms with Gasteiger partial charge in [0.2, 0.25) is 0 Å². The van der Waals surface area contributed by atoms with E-state index in [9.17, 15) is 19.5 Å². The number of carbonyl (C=O) groups excluding carboxylic acids is 3. The summed E-state index contributed by atoms with van der Waals surface area (Å²) < 4.78 is 22.4. The lowest BCUT2D eigenvalue weighted by atomic mass is 10.1. The predicted molar refractivity (Wildman–Crippen MR) is 260 cm³/mol. The number of quaternary nitrogens is 1. The molecule has 0 bridgehead atoms. The van der Waals surface area contributed by atoms with Gasteiger partial charge < -0.3 is 33.3 Å². The van der Waals surface area contributed by atoms with Gasteiger partial charge in [0.05, 0.1) is 40.3 Å². The average molecular weight is 880 g/mol. The molecule has 0 aliphatic heterocycles. The first kappa shape index (κ1) is 59.2. The second kappa shape index (κ2) is 44.8. The summed E-state index contributed by atoms with van der Waals surface area (Å²) in [5, 5.41) is 11.7. The highest BCUT2D eigenvalue weighted by Gasteiger charge is 2.21. The number of carboxylic acids is 1. The zero-order valence-electron chi connectivity index (χ0n) is 40.4. The van der Waals surface area contributed by atoms with Crippen molar-refractivity contribution in [1.29, 1.82) is 0 Å². The number of likely N-dealkylation sites (N-methyl/N-ethyl adjacent to an activating group) is 1. The monoisotopic (exact) mass is 880 g/mol. The van der Waals surface area contributed by atoms with Gasteiger partial charge in [-0.3, -0.25) is 9.59 Å². The number of allylic oxidation sites excluding steroid dienone is 16. The van der Waals surface area contributed by atoms with E-state index in [1.165, 1.54) is 25.7 Å². The van der Waals surface area contributed by atoms with Crippen LogP contribution in [0, 0.1) is 0 Å². The zero-order chi connectivity index (χ0) is 46.3. The molecule has 0 radical (unpaired) electrons. The Morgan fingerprint density at radius 2 is 0.905 bits per heavy atom. The number of hydrogen-bond acceptors (Lipinski definition) is 8. The molecule has 0 heterocycles. The van der Waals surface area contributed by atoms with Crippen molar-refractivity contribution in [2.45, 2.75) is 180 Å². The fraction of sp³-hybridized carbons (Fsp3) is 0.648. The molecule has 2 atom stereocenters. The van der Waals surface area contributed by atoms with E-state index in [4.69, 9.17) is 18.9 Å². The summed E-state index contributed by atoms with van der Waals surface area (Å²) in [6, 6.07) is 0. The SMILES string of the molecule is CC/C=C\C/C=C\C/C=C\C/C=C\C/C=C\C/C=C\C/C=C\C/C=C\CCCCCCCCC(=O)OC(COC(=O)CCCCCCCCC)COC(OCC[N+](C)(C)C)C(=O)[O-]. The fourth-order valence-corrected chi connectivity index (χ4v) is 6.08. The van der Waals surface area contributed by atoms with Crippen LogP contribution in [0.3, 0.4) is 0 Å². The molecule has 0 saturated heterocycles. The first-order valence-corrected chi connectivity index (χ1v) is 24.4. The van der Waals surface area contributed by atoms with Crippen molar-refractivity contribution in [3.63, 3.8) is 0 Å². The molecular formula is C54H89NO8. The summed E-state index contributed by atoms with van der Waals surface area (Å²) in [4.78, 5) is 36.8. The number of hydrogen-bond donors (Lipinski definition) is 0. The Kier molecular flexibility index (Phi) is 42.1. The highest BCUT2D eigenvalue weighted by atomic mass is 16.7. The molecule has 0 aromatic rings. The van der Waals surface area contributed by atoms with Crippen LogP contribution in [0.2, 0.25) is 0 Å². The second-order valence-electron chi connectivity index (χ2n) is 17.0. The Morgan fingerprint density at radius 1 is 0.492 bits per heavy atom. The van der Waals surface area contributed by atoms with Gasteiger partial charge in [-0.1, -0.05) is 175 Å². The maximum atomic E-state index is 12.7. The molecule has 9 nitrogen and oxygen atoms in total. The van der Waals surface area contributed by atoms with Crippen molar-refractivity contribution in [3.8, 4) is 0 Å². The first-order chi connectivity index (χ1) is 30.6. The molecule has 0 aromatic heterocycles. The van der Waals surface area contributed by atoms with Gasteiger partial charge in [0, 0.05) is 12.8 Å². The van der Waals surface area contributed by atoms with Crippen molar-refractivity contribution in [1.82, 2.24) is 0 Å². The van der Waals surface area contributed by atoms with Crippen LogP contribution in [0.15, 0.2) is 97.2 Å². The van der Waals surface area contributed by atoms with E-state index in [0.29, 0.717) is 17.4 Å². The molecule has 2 unspecified atom stereocenters. The van der Waals surface area contributed by atoms with E-state index >= 15 is 0 Å². The maximum Gasteiger partial charge on any atom is 0.306 e. The number of rotatable bonds is 43. The Morgan fingerprint density at radius 3 is 1.35 bits per heavy atom. The molecule has 358 valence electrons. The third kappa shape index (κ3) is 46.0. The van der Waals surface area contributed by atoms with E-state index in [1.54, 1.807) is 0 Å². The lowest BCUT2D eigenvalue weighted by Crippen LogP contribution is -2.44. The van der Waals surface area contributed by atoms with Gasteiger partial charge in [0.1, 0.15) is 13.2 Å². The minimum Gasteiger partial charge on any atom is -0.545 e. The number of esters is 2. The van der Waals surface area contributed by atoms with Crippen molar-refractivity contribution in [2.24, 2.45) is 0 Å². The quantitative estimate of drug-likeness (QED) is 0.0196. The zero-order valence-corrected chi connectivity index (χ0v) is 40.4. The smallest absolute Gasteiger partial charge is 0.306 e. The molecule has 0 aliphatic carbocycles. The second-order valence-corrected chi connectivity index (χ2v) is 17.0. The van der Waals surface area contributed by atoms with Crippen molar-refractivity contribution in [3.05, 3.63) is 97.2 Å². The van der Waals surface area contributed by atoms with Crippen LogP contribution in [-0.2, 0) is 33.3 Å². The summed E-state index contributed by atoms with van der Waals surface area (Å²) in [5.41, 5.74) is 0. The molecule has 0 saturated carbocycles. The molecule has 0 aliphatic rings. The minimum absolute atomic E-state index is 0.140. The Bertz CT molecular complexity index is 1350. The highest BCUT2D eigenvalue weighted by Crippen LogP contribution is 2.13. The molecule has 0 spiro atoms. The summed E-state index contributed by atoms with van der Waals surface area (Å²) in [6.45, 7) is 4.53. The van der Waals surface area contributed by atoms with E-state index in [0.717, 1.165) is 109 Å². The van der Waals surface area contributed by atoms with Crippen molar-refractivity contribution >= 4 is 17.9 Å². The lowest BCUT2D eigenvalue weighted by molar-refractivity contribution is -0.870. The van der Waals surface area contributed by atoms with E-state index in [2.05, 4.69) is 111 Å². The molecular weight excluding hydrogens is 791 g/mol. The van der Waals surface area contributed by atoms with E-state index < -0.39 is 24.3 Å². The Labute approximate surface area is 384 Å². The third-order valence-electron chi connectivity index (χ3n) is 9.85. The van der Waals surface area contributed by atoms with Crippen LogP contribution in [0.4, 0.5) is 0 Å². The standard InChI is InChI=1S/C54H89NO8/c1-6-8-10-12-14-15-16-17-18-19-20-21-22-23-24-25-26-27-28-29-30-31-32-33-34-35-36-37-39-41-43-45-52(57)63-50(48-61-51(56)44-42-40-38-13-11-9-7-2)49-62-54(53(58)59)60-47-46-55(3,4)5/h8,10,14-15,17-18,20-21,23-24,26-27,29-30,32-33,50,54H,6-7,9,11-13,16,19,22,25,28,31,34-49H2,1-5H3/b10-8-,15-14-,18-17-,21-20-,24-23-,27-26-,30-29-,33-32-. The van der Waals surface area contributed by atoms with Crippen LogP contribution in [0.5, 0.6) is 0 Å². The third-order valence-corrected chi connectivity index (χ3v) is 9.85. The van der Waals surface area contributed by atoms with Crippen LogP contribution < -0.4 is 5.11 Å². The van der Waals surface area contributed by atoms with Crippen LogP contribution >= 0.6 is 0 Å². The Hall–Kier alpha value is -3.79. The van der Waals surface area contributed by atoms with Gasteiger partial charge in [0.15, 0.2) is 12.4 Å². The van der Waals surface area contributed by atoms with Gasteiger partial charge in [-0.15, -0.1) is 0 Å². The van der Waals surface area contributed by atoms with Gasteiger partial charge in [-0.25, -0.2) is 0 Å². The number of nitrogens with zero attached hydrogens (tertiary/aromatic N) is 1. The number of aliphatic carboxylic acids is 1. The summed E-state index contributed by atoms with van der Waals surface area (Å²) >= 11 is 0. The molecule has 63 heavy (non-hydrogen) atoms. The number of ether oxygens (including phenoxy) is 4. The van der Waals surface area contributed by atoms with Gasteiger partial charge in [0.25, 0.3) is 0 Å². The average Bonchev–Trinajstić information content (AvgIpc) is 3.24. The minimum atomic E-state index is -1.63. The first-order valence-electron chi connectivity index (χ1n) is 24.4.